The third kappa shape index (κ3) is 2.97. The van der Waals surface area contributed by atoms with Crippen molar-refractivity contribution in [3.05, 3.63) is 29.8 Å². The van der Waals surface area contributed by atoms with Crippen LogP contribution in [0.3, 0.4) is 0 Å². The van der Waals surface area contributed by atoms with Crippen molar-refractivity contribution in [1.29, 1.82) is 0 Å². The zero-order chi connectivity index (χ0) is 12.3. The molecule has 0 saturated carbocycles. The van der Waals surface area contributed by atoms with Gasteiger partial charge in [0.2, 0.25) is 0 Å². The van der Waals surface area contributed by atoms with E-state index in [1.807, 2.05) is 31.2 Å². The largest absolute Gasteiger partial charge is 0.396 e. The van der Waals surface area contributed by atoms with Crippen molar-refractivity contribution in [1.82, 2.24) is 4.90 Å². The first-order chi connectivity index (χ1) is 8.19. The summed E-state index contributed by atoms with van der Waals surface area (Å²) in [7, 11) is 0. The molecule has 2 rings (SSSR count). The van der Waals surface area contributed by atoms with Crippen LogP contribution >= 0.6 is 0 Å². The number of hydrogen-bond acceptors (Lipinski definition) is 2. The van der Waals surface area contributed by atoms with Gasteiger partial charge in [-0.15, -0.1) is 0 Å². The maximum Gasteiger partial charge on any atom is 0.321 e. The number of anilines is 1. The molecular formula is C13H18N2O2. The van der Waals surface area contributed by atoms with E-state index in [1.54, 1.807) is 4.90 Å². The van der Waals surface area contributed by atoms with Crippen LogP contribution in [0.4, 0.5) is 10.5 Å². The van der Waals surface area contributed by atoms with E-state index in [4.69, 9.17) is 5.11 Å². The quantitative estimate of drug-likeness (QED) is 0.820. The molecule has 0 radical (unpaired) electrons. The van der Waals surface area contributed by atoms with Gasteiger partial charge < -0.3 is 15.3 Å². The fourth-order valence-electron chi connectivity index (χ4n) is 2.01. The zero-order valence-corrected chi connectivity index (χ0v) is 10.0. The molecule has 1 atom stereocenters. The van der Waals surface area contributed by atoms with E-state index >= 15 is 0 Å². The number of hydrogen-bond donors (Lipinski definition) is 2. The molecule has 1 saturated heterocycles. The summed E-state index contributed by atoms with van der Waals surface area (Å²) in [5.74, 6) is 0.235. The first-order valence-electron chi connectivity index (χ1n) is 5.92. The topological polar surface area (TPSA) is 52.6 Å². The Morgan fingerprint density at radius 2 is 2.18 bits per heavy atom. The summed E-state index contributed by atoms with van der Waals surface area (Å²) in [6, 6.07) is 7.65. The van der Waals surface area contributed by atoms with Gasteiger partial charge in [-0.25, -0.2) is 4.79 Å². The van der Waals surface area contributed by atoms with Crippen LogP contribution in [-0.2, 0) is 0 Å². The second-order valence-electron chi connectivity index (χ2n) is 4.58. The van der Waals surface area contributed by atoms with E-state index in [9.17, 15) is 4.79 Å². The number of amides is 2. The number of nitrogens with one attached hydrogen (secondary N) is 1. The Hall–Kier alpha value is -1.55. The van der Waals surface area contributed by atoms with Gasteiger partial charge in [0.1, 0.15) is 0 Å². The molecule has 1 aromatic carbocycles. The van der Waals surface area contributed by atoms with Crippen LogP contribution in [0.15, 0.2) is 24.3 Å². The zero-order valence-electron chi connectivity index (χ0n) is 10.0. The number of aryl methyl sites for hydroxylation is 1. The van der Waals surface area contributed by atoms with Crippen molar-refractivity contribution in [2.24, 2.45) is 5.92 Å². The average molecular weight is 234 g/mol. The number of aliphatic hydroxyl groups excluding tert-OH is 1. The predicted molar refractivity (Wildman–Crippen MR) is 67.0 cm³/mol. The van der Waals surface area contributed by atoms with Gasteiger partial charge in [0.15, 0.2) is 0 Å². The predicted octanol–water partition coefficient (Wildman–Crippen LogP) is 1.84. The molecule has 0 aromatic heterocycles. The SMILES string of the molecule is Cc1ccc(NC(=O)N2CCC(CO)C2)cc1. The van der Waals surface area contributed by atoms with Gasteiger partial charge in [-0.2, -0.15) is 0 Å². The van der Waals surface area contributed by atoms with E-state index in [1.165, 1.54) is 5.56 Å². The minimum Gasteiger partial charge on any atom is -0.396 e. The number of rotatable bonds is 2. The lowest BCUT2D eigenvalue weighted by Gasteiger charge is -2.17. The van der Waals surface area contributed by atoms with Crippen LogP contribution in [0.25, 0.3) is 0 Å². The maximum atomic E-state index is 11.9. The highest BCUT2D eigenvalue weighted by Gasteiger charge is 2.25. The molecule has 92 valence electrons. The first kappa shape index (κ1) is 11.9. The summed E-state index contributed by atoms with van der Waals surface area (Å²) >= 11 is 0. The minimum atomic E-state index is -0.0789. The molecule has 0 spiro atoms. The molecule has 4 nitrogen and oxygen atoms in total. The lowest BCUT2D eigenvalue weighted by molar-refractivity contribution is 0.209. The fraction of sp³-hybridized carbons (Fsp3) is 0.462. The maximum absolute atomic E-state index is 11.9. The molecule has 17 heavy (non-hydrogen) atoms. The van der Waals surface area contributed by atoms with E-state index in [0.29, 0.717) is 6.54 Å². The second-order valence-corrected chi connectivity index (χ2v) is 4.58. The summed E-state index contributed by atoms with van der Waals surface area (Å²) in [4.78, 5) is 13.6. The number of benzene rings is 1. The highest BCUT2D eigenvalue weighted by atomic mass is 16.3. The molecule has 2 amide bonds. The van der Waals surface area contributed by atoms with Crippen LogP contribution in [0.2, 0.25) is 0 Å². The third-order valence-electron chi connectivity index (χ3n) is 3.13. The average Bonchev–Trinajstić information content (AvgIpc) is 2.81. The molecular weight excluding hydrogens is 216 g/mol. The van der Waals surface area contributed by atoms with Crippen LogP contribution in [0.1, 0.15) is 12.0 Å². The van der Waals surface area contributed by atoms with Crippen molar-refractivity contribution in [2.75, 3.05) is 25.0 Å². The lowest BCUT2D eigenvalue weighted by atomic mass is 10.1. The fourth-order valence-corrected chi connectivity index (χ4v) is 2.01. The van der Waals surface area contributed by atoms with Crippen LogP contribution in [-0.4, -0.2) is 35.7 Å². The van der Waals surface area contributed by atoms with E-state index in [0.717, 1.165) is 18.7 Å². The summed E-state index contributed by atoms with van der Waals surface area (Å²) in [6.45, 7) is 3.54. The van der Waals surface area contributed by atoms with Crippen LogP contribution in [0.5, 0.6) is 0 Å². The van der Waals surface area contributed by atoms with E-state index in [2.05, 4.69) is 5.32 Å². The van der Waals surface area contributed by atoms with Crippen LogP contribution in [0, 0.1) is 12.8 Å². The van der Waals surface area contributed by atoms with Crippen molar-refractivity contribution in [3.8, 4) is 0 Å². The van der Waals surface area contributed by atoms with Gasteiger partial charge in [-0.05, 0) is 25.5 Å². The van der Waals surface area contributed by atoms with Gasteiger partial charge in [-0.3, -0.25) is 0 Å². The van der Waals surface area contributed by atoms with Gasteiger partial charge in [-0.1, -0.05) is 17.7 Å². The van der Waals surface area contributed by atoms with Crippen LogP contribution < -0.4 is 5.32 Å². The summed E-state index contributed by atoms with van der Waals surface area (Å²) in [5, 5.41) is 11.9. The Kier molecular flexibility index (Phi) is 3.64. The Labute approximate surface area is 101 Å². The van der Waals surface area contributed by atoms with Gasteiger partial charge >= 0.3 is 6.03 Å². The number of carbonyl (C=O) groups is 1. The number of nitrogens with zero attached hydrogens (tertiary/aromatic N) is 1. The summed E-state index contributed by atoms with van der Waals surface area (Å²) in [5.41, 5.74) is 1.98. The standard InChI is InChI=1S/C13H18N2O2/c1-10-2-4-12(5-3-10)14-13(17)15-7-6-11(8-15)9-16/h2-5,11,16H,6-9H2,1H3,(H,14,17). The number of aliphatic hydroxyl groups is 1. The van der Waals surface area contributed by atoms with Crippen molar-refractivity contribution in [2.45, 2.75) is 13.3 Å². The van der Waals surface area contributed by atoms with Gasteiger partial charge in [0.25, 0.3) is 0 Å². The van der Waals surface area contributed by atoms with Gasteiger partial charge in [0, 0.05) is 31.3 Å². The van der Waals surface area contributed by atoms with Gasteiger partial charge in [0.05, 0.1) is 0 Å². The normalized spacial score (nSPS) is 19.4. The Balaban J connectivity index is 1.91. The third-order valence-corrected chi connectivity index (χ3v) is 3.13. The smallest absolute Gasteiger partial charge is 0.321 e. The highest BCUT2D eigenvalue weighted by molar-refractivity contribution is 5.89. The molecule has 0 aliphatic carbocycles. The Morgan fingerprint density at radius 1 is 1.47 bits per heavy atom. The minimum absolute atomic E-state index is 0.0789. The Bertz CT molecular complexity index is 389. The highest BCUT2D eigenvalue weighted by Crippen LogP contribution is 2.17. The molecule has 1 fully saturated rings. The molecule has 4 heteroatoms. The van der Waals surface area contributed by atoms with E-state index in [-0.39, 0.29) is 18.6 Å². The molecule has 1 aromatic rings. The van der Waals surface area contributed by atoms with E-state index < -0.39 is 0 Å². The van der Waals surface area contributed by atoms with Crippen molar-refractivity contribution in [3.63, 3.8) is 0 Å². The molecule has 0 bridgehead atoms. The monoisotopic (exact) mass is 234 g/mol. The number of likely N-dealkylation sites (tertiary alicyclic amines) is 1. The Morgan fingerprint density at radius 3 is 2.76 bits per heavy atom. The number of urea groups is 1. The number of carbonyl (C=O) groups excluding carboxylic acids is 1. The summed E-state index contributed by atoms with van der Waals surface area (Å²) < 4.78 is 0. The van der Waals surface area contributed by atoms with Crippen molar-refractivity contribution < 1.29 is 9.90 Å². The summed E-state index contributed by atoms with van der Waals surface area (Å²) in [6.07, 6.45) is 0.887. The molecule has 1 aliphatic heterocycles. The second kappa shape index (κ2) is 5.19. The first-order valence-corrected chi connectivity index (χ1v) is 5.92. The molecule has 1 unspecified atom stereocenters. The molecule has 1 aliphatic rings. The molecule has 1 heterocycles. The van der Waals surface area contributed by atoms with Crippen molar-refractivity contribution >= 4 is 11.7 Å². The molecule has 2 N–H and O–H groups in total. The lowest BCUT2D eigenvalue weighted by Crippen LogP contribution is -2.33.